The van der Waals surface area contributed by atoms with Gasteiger partial charge in [0.05, 0.1) is 13.7 Å². The summed E-state index contributed by atoms with van der Waals surface area (Å²) in [5.41, 5.74) is -0.659. The number of nitrogens with zero attached hydrogens (tertiary/aromatic N) is 1. The summed E-state index contributed by atoms with van der Waals surface area (Å²) in [5, 5.41) is 3.03. The van der Waals surface area contributed by atoms with Gasteiger partial charge in [-0.2, -0.15) is 8.42 Å². The van der Waals surface area contributed by atoms with E-state index in [1.54, 1.807) is 0 Å². The molecule has 0 amide bonds. The predicted molar refractivity (Wildman–Crippen MR) is 72.8 cm³/mol. The number of methoxy groups -OCH3 is 1. The lowest BCUT2D eigenvalue weighted by atomic mass is 10.1. The van der Waals surface area contributed by atoms with Crippen molar-refractivity contribution in [3.63, 3.8) is 0 Å². The van der Waals surface area contributed by atoms with Crippen LogP contribution in [0.1, 0.15) is 17.3 Å². The molecule has 0 aliphatic carbocycles. The molecule has 0 aromatic heterocycles. The Balaban J connectivity index is 3.08. The molecule has 0 saturated carbocycles. The summed E-state index contributed by atoms with van der Waals surface area (Å²) in [6.07, 6.45) is 0. The lowest BCUT2D eigenvalue weighted by Crippen LogP contribution is -2.27. The molecule has 0 aliphatic rings. The second kappa shape index (κ2) is 8.00. The van der Waals surface area contributed by atoms with Crippen LogP contribution in [0.5, 0.6) is 5.75 Å². The van der Waals surface area contributed by atoms with Crippen LogP contribution in [-0.2, 0) is 24.8 Å². The van der Waals surface area contributed by atoms with Crippen LogP contribution in [0, 0.1) is 0 Å². The number of hydrogen-bond donors (Lipinski definition) is 1. The smallest absolute Gasteiger partial charge is 0.364 e. The van der Waals surface area contributed by atoms with Gasteiger partial charge in [-0.05, 0) is 31.2 Å². The molecule has 114 valence electrons. The third kappa shape index (κ3) is 4.88. The van der Waals surface area contributed by atoms with E-state index in [2.05, 4.69) is 14.2 Å². The Kier molecular flexibility index (Phi) is 6.34. The van der Waals surface area contributed by atoms with E-state index in [4.69, 9.17) is 4.74 Å². The van der Waals surface area contributed by atoms with Crippen molar-refractivity contribution >= 4 is 28.4 Å². The van der Waals surface area contributed by atoms with Gasteiger partial charge in [0.15, 0.2) is 0 Å². The van der Waals surface area contributed by atoms with Crippen molar-refractivity contribution in [2.75, 3.05) is 13.7 Å². The number of ether oxygens (including phenoxy) is 2. The second-order valence-electron chi connectivity index (χ2n) is 3.52. The van der Waals surface area contributed by atoms with E-state index in [0.29, 0.717) is 5.75 Å². The first-order valence-corrected chi connectivity index (χ1v) is 6.84. The van der Waals surface area contributed by atoms with Gasteiger partial charge in [0.25, 0.3) is 0 Å². The van der Waals surface area contributed by atoms with Gasteiger partial charge in [-0.25, -0.2) is 4.79 Å². The fraction of sp³-hybridized carbons (Fsp3) is 0.250. The Morgan fingerprint density at radius 1 is 1.19 bits per heavy atom. The number of ketones is 1. The number of carbonyl (C=O) groups is 2. The minimum Gasteiger partial charge on any atom is -0.497 e. The summed E-state index contributed by atoms with van der Waals surface area (Å²) in [4.78, 5) is 23.7. The average Bonchev–Trinajstić information content (AvgIpc) is 2.47. The van der Waals surface area contributed by atoms with E-state index >= 15 is 0 Å². The zero-order chi connectivity index (χ0) is 15.8. The quantitative estimate of drug-likeness (QED) is 0.193. The topological polar surface area (TPSA) is 108 Å². The lowest BCUT2D eigenvalue weighted by Gasteiger charge is -2.05. The Hall–Kier alpha value is -2.42. The molecule has 0 saturated heterocycles. The number of esters is 1. The van der Waals surface area contributed by atoms with Gasteiger partial charge in [0, 0.05) is 5.56 Å². The fourth-order valence-corrected chi connectivity index (χ4v) is 1.47. The van der Waals surface area contributed by atoms with Crippen LogP contribution in [-0.4, -0.2) is 39.6 Å². The molecule has 9 heteroatoms. The van der Waals surface area contributed by atoms with Gasteiger partial charge < -0.3 is 9.47 Å². The van der Waals surface area contributed by atoms with E-state index in [9.17, 15) is 18.0 Å². The molecule has 0 spiro atoms. The summed E-state index contributed by atoms with van der Waals surface area (Å²) < 4.78 is 34.2. The van der Waals surface area contributed by atoms with Gasteiger partial charge >= 0.3 is 17.0 Å². The second-order valence-corrected chi connectivity index (χ2v) is 4.13. The minimum absolute atomic E-state index is 0.00272. The predicted octanol–water partition coefficient (Wildman–Crippen LogP) is 0.340. The first-order valence-electron chi connectivity index (χ1n) is 5.75. The first kappa shape index (κ1) is 16.6. The molecule has 0 fully saturated rings. The number of thiol groups is 1. The Bertz CT molecular complexity index is 611. The lowest BCUT2D eigenvalue weighted by molar-refractivity contribution is -0.135. The minimum atomic E-state index is -3.34. The fourth-order valence-electron chi connectivity index (χ4n) is 1.32. The highest BCUT2D eigenvalue weighted by atomic mass is 32.2. The molecule has 21 heavy (non-hydrogen) atoms. The summed E-state index contributed by atoms with van der Waals surface area (Å²) in [6.45, 7) is 1.53. The van der Waals surface area contributed by atoms with Crippen LogP contribution in [0.4, 0.5) is 0 Å². The standard InChI is InChI=1S/C12H13NO7S/c1-3-19-12(15)10(13-20-21(16)17)11(14)8-4-6-9(18-2)7-5-8/h4-7,21H,3H2,1-2H3/b13-10-. The van der Waals surface area contributed by atoms with E-state index in [0.717, 1.165) is 0 Å². The van der Waals surface area contributed by atoms with Gasteiger partial charge in [-0.3, -0.25) is 9.08 Å². The van der Waals surface area contributed by atoms with Crippen LogP contribution in [0.2, 0.25) is 0 Å². The van der Waals surface area contributed by atoms with Gasteiger partial charge in [-0.15, -0.1) is 0 Å². The normalized spacial score (nSPS) is 11.1. The van der Waals surface area contributed by atoms with Gasteiger partial charge in [0.2, 0.25) is 11.5 Å². The molecular formula is C12H13NO7S. The van der Waals surface area contributed by atoms with E-state index < -0.39 is 28.4 Å². The maximum atomic E-state index is 12.1. The third-order valence-corrected chi connectivity index (χ3v) is 2.45. The van der Waals surface area contributed by atoms with Gasteiger partial charge in [0.1, 0.15) is 5.75 Å². The van der Waals surface area contributed by atoms with Crippen LogP contribution < -0.4 is 4.74 Å². The summed E-state index contributed by atoms with van der Waals surface area (Å²) in [6, 6.07) is 5.80. The number of hydrogen-bond acceptors (Lipinski definition) is 8. The molecule has 0 bridgehead atoms. The number of carbonyl (C=O) groups excluding carboxylic acids is 2. The molecule has 0 atom stereocenters. The highest BCUT2D eigenvalue weighted by Crippen LogP contribution is 2.12. The molecule has 1 aromatic rings. The molecule has 0 aliphatic heterocycles. The molecular weight excluding hydrogens is 302 g/mol. The first-order chi connectivity index (χ1) is 9.99. The number of benzene rings is 1. The van der Waals surface area contributed by atoms with Crippen LogP contribution in [0.15, 0.2) is 29.4 Å². The van der Waals surface area contributed by atoms with E-state index in [-0.39, 0.29) is 12.2 Å². The zero-order valence-electron chi connectivity index (χ0n) is 11.3. The Labute approximate surface area is 122 Å². The van der Waals surface area contributed by atoms with Crippen molar-refractivity contribution in [1.29, 1.82) is 0 Å². The highest BCUT2D eigenvalue weighted by Gasteiger charge is 2.24. The molecule has 0 heterocycles. The van der Waals surface area contributed by atoms with E-state index in [1.807, 2.05) is 0 Å². The largest absolute Gasteiger partial charge is 0.497 e. The number of Topliss-reactive ketones (excluding diaryl/α,β-unsaturated/α-hetero) is 1. The molecule has 1 rings (SSSR count). The average molecular weight is 315 g/mol. The van der Waals surface area contributed by atoms with Gasteiger partial charge in [-0.1, -0.05) is 5.16 Å². The summed E-state index contributed by atoms with van der Waals surface area (Å²) in [7, 11) is -1.88. The third-order valence-electron chi connectivity index (χ3n) is 2.23. The molecule has 0 radical (unpaired) electrons. The number of oxime groups is 1. The molecule has 0 N–H and O–H groups in total. The van der Waals surface area contributed by atoms with Crippen molar-refractivity contribution in [2.45, 2.75) is 6.92 Å². The molecule has 1 aromatic carbocycles. The number of rotatable bonds is 7. The van der Waals surface area contributed by atoms with Crippen molar-refractivity contribution in [1.82, 2.24) is 0 Å². The Morgan fingerprint density at radius 3 is 2.29 bits per heavy atom. The summed E-state index contributed by atoms with van der Waals surface area (Å²) in [5.74, 6) is -1.39. The van der Waals surface area contributed by atoms with Crippen molar-refractivity contribution < 1.29 is 31.8 Å². The van der Waals surface area contributed by atoms with Crippen LogP contribution in [0.3, 0.4) is 0 Å². The van der Waals surface area contributed by atoms with E-state index in [1.165, 1.54) is 38.3 Å². The zero-order valence-corrected chi connectivity index (χ0v) is 12.2. The van der Waals surface area contributed by atoms with Crippen molar-refractivity contribution in [3.05, 3.63) is 29.8 Å². The van der Waals surface area contributed by atoms with Crippen molar-refractivity contribution in [2.24, 2.45) is 5.16 Å². The molecule has 0 unspecified atom stereocenters. The van der Waals surface area contributed by atoms with Crippen LogP contribution in [0.25, 0.3) is 0 Å². The Morgan fingerprint density at radius 2 is 1.81 bits per heavy atom. The maximum Gasteiger partial charge on any atom is 0.364 e. The maximum absolute atomic E-state index is 12.1. The monoisotopic (exact) mass is 315 g/mol. The SMILES string of the molecule is CCOC(=O)/C(=N\O[SH](=O)=O)C(=O)c1ccc(OC)cc1. The summed E-state index contributed by atoms with van der Waals surface area (Å²) >= 11 is 0. The van der Waals surface area contributed by atoms with Crippen molar-refractivity contribution in [3.8, 4) is 5.75 Å². The van der Waals surface area contributed by atoms with Crippen LogP contribution >= 0.6 is 0 Å². The highest BCUT2D eigenvalue weighted by molar-refractivity contribution is 7.67. The molecule has 8 nitrogen and oxygen atoms in total.